The largest absolute Gasteiger partial charge is 0.478 e. The second-order valence-corrected chi connectivity index (χ2v) is 6.22. The molecule has 0 bridgehead atoms. The van der Waals surface area contributed by atoms with E-state index in [0.717, 1.165) is 0 Å². The molecule has 1 fully saturated rings. The van der Waals surface area contributed by atoms with Crippen LogP contribution in [0.3, 0.4) is 0 Å². The molecule has 0 spiro atoms. The van der Waals surface area contributed by atoms with Crippen LogP contribution in [0.25, 0.3) is 0 Å². The first-order valence-electron chi connectivity index (χ1n) is 7.74. The summed E-state index contributed by atoms with van der Waals surface area (Å²) in [6, 6.07) is 8.13. The number of piperidine rings is 1. The van der Waals surface area contributed by atoms with Gasteiger partial charge in [-0.15, -0.1) is 0 Å². The quantitative estimate of drug-likeness (QED) is 0.898. The summed E-state index contributed by atoms with van der Waals surface area (Å²) in [5.74, 6) is -0.801. The first-order valence-corrected chi connectivity index (χ1v) is 8.12. The van der Waals surface area contributed by atoms with Crippen LogP contribution in [-0.4, -0.2) is 50.8 Å². The molecule has 0 unspecified atom stereocenters. The van der Waals surface area contributed by atoms with Crippen molar-refractivity contribution in [3.8, 4) is 5.75 Å². The Hall–Kier alpha value is -2.67. The number of carboxylic acids is 1. The summed E-state index contributed by atoms with van der Waals surface area (Å²) in [5, 5.41) is 17.6. The van der Waals surface area contributed by atoms with Crippen LogP contribution in [-0.2, 0) is 4.79 Å². The van der Waals surface area contributed by atoms with Crippen molar-refractivity contribution in [2.24, 2.45) is 0 Å². The molecule has 3 rings (SSSR count). The third-order valence-corrected chi connectivity index (χ3v) is 4.46. The van der Waals surface area contributed by atoms with Gasteiger partial charge in [0.25, 0.3) is 5.91 Å². The molecule has 1 amide bonds. The van der Waals surface area contributed by atoms with Crippen LogP contribution < -0.4 is 4.74 Å². The van der Waals surface area contributed by atoms with Crippen LogP contribution in [0.15, 0.2) is 42.7 Å². The Morgan fingerprint density at radius 3 is 2.36 bits per heavy atom. The molecular formula is C17H16ClN3O4. The van der Waals surface area contributed by atoms with E-state index in [9.17, 15) is 14.7 Å². The van der Waals surface area contributed by atoms with E-state index in [1.165, 1.54) is 12.4 Å². The molecule has 1 aromatic heterocycles. The summed E-state index contributed by atoms with van der Waals surface area (Å²) < 4.78 is 5.77. The fourth-order valence-corrected chi connectivity index (χ4v) is 2.88. The van der Waals surface area contributed by atoms with Crippen LogP contribution in [0.1, 0.15) is 23.2 Å². The highest BCUT2D eigenvalue weighted by atomic mass is 35.5. The van der Waals surface area contributed by atoms with E-state index in [2.05, 4.69) is 10.2 Å². The number of hydrogen-bond acceptors (Lipinski definition) is 5. The van der Waals surface area contributed by atoms with Gasteiger partial charge in [0.15, 0.2) is 0 Å². The third kappa shape index (κ3) is 3.71. The highest BCUT2D eigenvalue weighted by molar-refractivity contribution is 6.30. The molecule has 0 radical (unpaired) electrons. The van der Waals surface area contributed by atoms with Gasteiger partial charge >= 0.3 is 5.97 Å². The van der Waals surface area contributed by atoms with Gasteiger partial charge in [-0.25, -0.2) is 4.79 Å². The summed E-state index contributed by atoms with van der Waals surface area (Å²) in [6.07, 6.45) is 3.22. The Balaban J connectivity index is 1.71. The van der Waals surface area contributed by atoms with Gasteiger partial charge in [-0.05, 0) is 30.3 Å². The minimum atomic E-state index is -1.36. The molecule has 1 N–H and O–H groups in total. The summed E-state index contributed by atoms with van der Waals surface area (Å²) in [5.41, 5.74) is -0.933. The van der Waals surface area contributed by atoms with Crippen LogP contribution in [0.4, 0.5) is 0 Å². The molecule has 1 saturated heterocycles. The summed E-state index contributed by atoms with van der Waals surface area (Å²) in [4.78, 5) is 25.9. The van der Waals surface area contributed by atoms with Crippen molar-refractivity contribution in [1.29, 1.82) is 0 Å². The third-order valence-electron chi connectivity index (χ3n) is 4.21. The molecule has 0 atom stereocenters. The number of rotatable bonds is 4. The van der Waals surface area contributed by atoms with Crippen molar-refractivity contribution < 1.29 is 19.4 Å². The number of nitrogens with zero attached hydrogens (tertiary/aromatic N) is 3. The number of carbonyl (C=O) groups excluding carboxylic acids is 1. The molecule has 0 aliphatic carbocycles. The fourth-order valence-electron chi connectivity index (χ4n) is 2.76. The number of benzene rings is 1. The van der Waals surface area contributed by atoms with Crippen molar-refractivity contribution in [1.82, 2.24) is 15.1 Å². The Morgan fingerprint density at radius 2 is 1.80 bits per heavy atom. The van der Waals surface area contributed by atoms with Crippen molar-refractivity contribution in [3.63, 3.8) is 0 Å². The van der Waals surface area contributed by atoms with E-state index in [0.29, 0.717) is 16.3 Å². The molecule has 1 aromatic carbocycles. The minimum Gasteiger partial charge on any atom is -0.478 e. The number of carboxylic acid groups (broad SMARTS) is 1. The number of aromatic nitrogens is 2. The van der Waals surface area contributed by atoms with Crippen molar-refractivity contribution >= 4 is 23.5 Å². The Bertz CT molecular complexity index is 759. The number of hydrogen-bond donors (Lipinski definition) is 1. The van der Waals surface area contributed by atoms with Crippen LogP contribution in [0.2, 0.25) is 5.02 Å². The molecule has 2 heterocycles. The van der Waals surface area contributed by atoms with Crippen molar-refractivity contribution in [3.05, 3.63) is 53.3 Å². The first kappa shape index (κ1) is 17.2. The van der Waals surface area contributed by atoms with Crippen LogP contribution in [0.5, 0.6) is 5.75 Å². The lowest BCUT2D eigenvalue weighted by molar-refractivity contribution is -0.159. The molecule has 25 heavy (non-hydrogen) atoms. The fraction of sp³-hybridized carbons (Fsp3) is 0.294. The van der Waals surface area contributed by atoms with E-state index < -0.39 is 11.6 Å². The Kier molecular flexibility index (Phi) is 4.85. The predicted octanol–water partition coefficient (Wildman–Crippen LogP) is 2.27. The molecule has 7 nitrogen and oxygen atoms in total. The van der Waals surface area contributed by atoms with Crippen molar-refractivity contribution in [2.45, 2.75) is 18.4 Å². The van der Waals surface area contributed by atoms with Gasteiger partial charge in [0.2, 0.25) is 5.60 Å². The molecule has 130 valence electrons. The number of aliphatic carboxylic acids is 1. The lowest BCUT2D eigenvalue weighted by Gasteiger charge is -2.38. The maximum Gasteiger partial charge on any atom is 0.348 e. The lowest BCUT2D eigenvalue weighted by Crippen LogP contribution is -2.54. The van der Waals surface area contributed by atoms with Crippen LogP contribution >= 0.6 is 11.6 Å². The maximum absolute atomic E-state index is 12.4. The van der Waals surface area contributed by atoms with E-state index in [1.807, 2.05) is 0 Å². The number of likely N-dealkylation sites (tertiary alicyclic amines) is 1. The number of halogens is 1. The second-order valence-electron chi connectivity index (χ2n) is 5.78. The van der Waals surface area contributed by atoms with Gasteiger partial charge in [0.05, 0.1) is 18.0 Å². The summed E-state index contributed by atoms with van der Waals surface area (Å²) in [7, 11) is 0. The average molecular weight is 362 g/mol. The van der Waals surface area contributed by atoms with Gasteiger partial charge in [0, 0.05) is 31.0 Å². The molecule has 0 saturated carbocycles. The zero-order valence-corrected chi connectivity index (χ0v) is 14.0. The standard InChI is InChI=1S/C17H16ClN3O4/c18-13-1-3-14(4-2-13)25-17(16(23)24)6-9-21(10-7-17)15(22)12-5-8-19-20-11-12/h1-5,8,11H,6-7,9-10H2,(H,23,24). The molecule has 1 aliphatic heterocycles. The minimum absolute atomic E-state index is 0.190. The number of amides is 1. The number of carbonyl (C=O) groups is 2. The van der Waals surface area contributed by atoms with E-state index >= 15 is 0 Å². The zero-order chi connectivity index (χ0) is 17.9. The lowest BCUT2D eigenvalue weighted by atomic mass is 9.90. The Labute approximate surface area is 149 Å². The van der Waals surface area contributed by atoms with Crippen molar-refractivity contribution in [2.75, 3.05) is 13.1 Å². The highest BCUT2D eigenvalue weighted by Gasteiger charge is 2.45. The maximum atomic E-state index is 12.4. The normalized spacial score (nSPS) is 16.3. The highest BCUT2D eigenvalue weighted by Crippen LogP contribution is 2.30. The molecule has 8 heteroatoms. The topological polar surface area (TPSA) is 92.6 Å². The van der Waals surface area contributed by atoms with Gasteiger partial charge in [0.1, 0.15) is 5.75 Å². The summed E-state index contributed by atoms with van der Waals surface area (Å²) >= 11 is 5.84. The average Bonchev–Trinajstić information content (AvgIpc) is 2.64. The van der Waals surface area contributed by atoms with Gasteiger partial charge in [-0.3, -0.25) is 4.79 Å². The summed E-state index contributed by atoms with van der Waals surface area (Å²) in [6.45, 7) is 0.558. The predicted molar refractivity (Wildman–Crippen MR) is 89.6 cm³/mol. The Morgan fingerprint density at radius 1 is 1.12 bits per heavy atom. The van der Waals surface area contributed by atoms with Gasteiger partial charge in [-0.2, -0.15) is 10.2 Å². The smallest absolute Gasteiger partial charge is 0.348 e. The SMILES string of the molecule is O=C(c1ccnnc1)N1CCC(Oc2ccc(Cl)cc2)(C(=O)O)CC1. The monoisotopic (exact) mass is 361 g/mol. The molecular weight excluding hydrogens is 346 g/mol. The van der Waals surface area contributed by atoms with E-state index in [4.69, 9.17) is 16.3 Å². The number of ether oxygens (including phenoxy) is 1. The van der Waals surface area contributed by atoms with Gasteiger partial charge in [-0.1, -0.05) is 11.6 Å². The van der Waals surface area contributed by atoms with E-state index in [-0.39, 0.29) is 31.8 Å². The van der Waals surface area contributed by atoms with Crippen LogP contribution in [0, 0.1) is 0 Å². The molecule has 2 aromatic rings. The molecule has 1 aliphatic rings. The van der Waals surface area contributed by atoms with Gasteiger partial charge < -0.3 is 14.7 Å². The first-order chi connectivity index (χ1) is 12.0. The van der Waals surface area contributed by atoms with E-state index in [1.54, 1.807) is 35.2 Å². The zero-order valence-electron chi connectivity index (χ0n) is 13.3. The second kappa shape index (κ2) is 7.06.